The minimum atomic E-state index is -0.760. The number of carbonyl (C=O) groups excluding carboxylic acids is 1. The van der Waals surface area contributed by atoms with E-state index < -0.39 is 10.8 Å². The highest BCUT2D eigenvalue weighted by Crippen LogP contribution is 1.83. The molecule has 0 bridgehead atoms. The third kappa shape index (κ3) is 9.49. The number of hydrogen-bond donors (Lipinski definition) is 2. The van der Waals surface area contributed by atoms with Gasteiger partial charge in [-0.25, -0.2) is 0 Å². The van der Waals surface area contributed by atoms with Gasteiger partial charge < -0.3 is 10.6 Å². The van der Waals surface area contributed by atoms with Crippen LogP contribution in [0.2, 0.25) is 0 Å². The molecule has 0 heterocycles. The second kappa shape index (κ2) is 7.03. The molecule has 0 aliphatic heterocycles. The number of nitrogens with one attached hydrogen (secondary N) is 2. The second-order valence-corrected chi connectivity index (χ2v) is 4.56. The molecular formula is C8H18N2O2S. The van der Waals surface area contributed by atoms with E-state index in [1.165, 1.54) is 6.92 Å². The lowest BCUT2D eigenvalue weighted by Crippen LogP contribution is -2.37. The fourth-order valence-corrected chi connectivity index (χ4v) is 1.79. The number of hydrogen-bond acceptors (Lipinski definition) is 3. The molecule has 5 heteroatoms. The summed E-state index contributed by atoms with van der Waals surface area (Å²) in [5.41, 5.74) is 0. The monoisotopic (exact) mass is 206 g/mol. The van der Waals surface area contributed by atoms with Crippen LogP contribution in [-0.4, -0.2) is 41.3 Å². The number of carbonyl (C=O) groups is 1. The van der Waals surface area contributed by atoms with E-state index in [1.54, 1.807) is 6.26 Å². The molecule has 0 saturated heterocycles. The van der Waals surface area contributed by atoms with Gasteiger partial charge in [0.15, 0.2) is 0 Å². The number of amides is 1. The molecule has 2 atom stereocenters. The van der Waals surface area contributed by atoms with E-state index in [1.807, 2.05) is 6.92 Å². The molecule has 78 valence electrons. The Balaban J connectivity index is 3.31. The van der Waals surface area contributed by atoms with E-state index in [0.29, 0.717) is 12.3 Å². The van der Waals surface area contributed by atoms with Crippen molar-refractivity contribution in [2.75, 3.05) is 25.1 Å². The molecule has 0 aromatic rings. The van der Waals surface area contributed by atoms with E-state index in [-0.39, 0.29) is 11.9 Å². The summed E-state index contributed by atoms with van der Waals surface area (Å²) in [5, 5.41) is 5.84. The zero-order chi connectivity index (χ0) is 10.3. The van der Waals surface area contributed by atoms with E-state index in [0.717, 1.165) is 6.54 Å². The summed E-state index contributed by atoms with van der Waals surface area (Å²) in [6.07, 6.45) is 1.69. The first-order valence-electron chi connectivity index (χ1n) is 4.30. The van der Waals surface area contributed by atoms with Gasteiger partial charge in [0, 0.05) is 48.9 Å². The van der Waals surface area contributed by atoms with Crippen molar-refractivity contribution in [2.24, 2.45) is 0 Å². The van der Waals surface area contributed by atoms with Gasteiger partial charge in [-0.3, -0.25) is 9.00 Å². The lowest BCUT2D eigenvalue weighted by Gasteiger charge is -2.11. The van der Waals surface area contributed by atoms with Crippen LogP contribution in [-0.2, 0) is 15.6 Å². The molecule has 0 aromatic heterocycles. The van der Waals surface area contributed by atoms with Crippen molar-refractivity contribution in [3.8, 4) is 0 Å². The zero-order valence-electron chi connectivity index (χ0n) is 8.42. The maximum atomic E-state index is 10.8. The van der Waals surface area contributed by atoms with Gasteiger partial charge in [0.2, 0.25) is 5.91 Å². The quantitative estimate of drug-likeness (QED) is 0.575. The summed E-state index contributed by atoms with van der Waals surface area (Å²) >= 11 is 0. The Kier molecular flexibility index (Phi) is 6.80. The average Bonchev–Trinajstić information content (AvgIpc) is 1.96. The van der Waals surface area contributed by atoms with Crippen molar-refractivity contribution in [3.05, 3.63) is 0 Å². The Morgan fingerprint density at radius 2 is 2.08 bits per heavy atom. The van der Waals surface area contributed by atoms with Gasteiger partial charge in [-0.05, 0) is 6.92 Å². The van der Waals surface area contributed by atoms with Gasteiger partial charge >= 0.3 is 0 Å². The summed E-state index contributed by atoms with van der Waals surface area (Å²) in [5.74, 6) is 0.633. The first kappa shape index (κ1) is 12.6. The van der Waals surface area contributed by atoms with Crippen molar-refractivity contribution in [1.29, 1.82) is 0 Å². The summed E-state index contributed by atoms with van der Waals surface area (Å²) in [6, 6.07) is 0.236. The molecule has 0 aliphatic carbocycles. The first-order chi connectivity index (χ1) is 6.02. The topological polar surface area (TPSA) is 58.2 Å². The van der Waals surface area contributed by atoms with Crippen molar-refractivity contribution >= 4 is 16.7 Å². The highest BCUT2D eigenvalue weighted by Gasteiger charge is 2.02. The molecular weight excluding hydrogens is 188 g/mol. The molecule has 0 saturated carbocycles. The second-order valence-electron chi connectivity index (χ2n) is 3.08. The summed E-state index contributed by atoms with van der Waals surface area (Å²) in [6.45, 7) is 4.81. The van der Waals surface area contributed by atoms with Gasteiger partial charge in [0.25, 0.3) is 0 Å². The van der Waals surface area contributed by atoms with Crippen molar-refractivity contribution in [2.45, 2.75) is 19.9 Å². The maximum Gasteiger partial charge on any atom is 0.216 e. The van der Waals surface area contributed by atoms with Crippen LogP contribution < -0.4 is 10.6 Å². The molecule has 2 unspecified atom stereocenters. The van der Waals surface area contributed by atoms with Crippen LogP contribution in [0.5, 0.6) is 0 Å². The van der Waals surface area contributed by atoms with E-state index in [2.05, 4.69) is 10.6 Å². The highest BCUT2D eigenvalue weighted by atomic mass is 32.2. The predicted octanol–water partition coefficient (Wildman–Crippen LogP) is -0.521. The van der Waals surface area contributed by atoms with E-state index >= 15 is 0 Å². The summed E-state index contributed by atoms with van der Waals surface area (Å²) in [4.78, 5) is 10.5. The van der Waals surface area contributed by atoms with Crippen LogP contribution in [0, 0.1) is 0 Å². The number of rotatable bonds is 6. The Labute approximate surface area is 81.9 Å². The van der Waals surface area contributed by atoms with Crippen molar-refractivity contribution < 1.29 is 9.00 Å². The van der Waals surface area contributed by atoms with Gasteiger partial charge in [-0.1, -0.05) is 0 Å². The highest BCUT2D eigenvalue weighted by molar-refractivity contribution is 7.84. The van der Waals surface area contributed by atoms with Crippen LogP contribution in [0.1, 0.15) is 13.8 Å². The Bertz CT molecular complexity index is 185. The standard InChI is InChI=1S/C8H18N2O2S/c1-7(6-13(3)12)9-4-5-10-8(2)11/h7,9H,4-6H2,1-3H3,(H,10,11). The smallest absolute Gasteiger partial charge is 0.216 e. The van der Waals surface area contributed by atoms with Crippen molar-refractivity contribution in [1.82, 2.24) is 10.6 Å². The molecule has 0 aliphatic rings. The van der Waals surface area contributed by atoms with Crippen molar-refractivity contribution in [3.63, 3.8) is 0 Å². The Hall–Kier alpha value is -0.420. The van der Waals surface area contributed by atoms with E-state index in [9.17, 15) is 9.00 Å². The van der Waals surface area contributed by atoms with Gasteiger partial charge in [-0.2, -0.15) is 0 Å². The lowest BCUT2D eigenvalue weighted by molar-refractivity contribution is -0.118. The van der Waals surface area contributed by atoms with Crippen LogP contribution in [0.3, 0.4) is 0 Å². The van der Waals surface area contributed by atoms with Crippen LogP contribution in [0.15, 0.2) is 0 Å². The fourth-order valence-electron chi connectivity index (χ4n) is 0.968. The molecule has 0 spiro atoms. The summed E-state index contributed by atoms with van der Waals surface area (Å²) in [7, 11) is -0.760. The average molecular weight is 206 g/mol. The molecule has 4 nitrogen and oxygen atoms in total. The first-order valence-corrected chi connectivity index (χ1v) is 6.03. The minimum Gasteiger partial charge on any atom is -0.355 e. The minimum absolute atomic E-state index is 0.0199. The van der Waals surface area contributed by atoms with Crippen LogP contribution in [0.25, 0.3) is 0 Å². The molecule has 0 rings (SSSR count). The van der Waals surface area contributed by atoms with Gasteiger partial charge in [-0.15, -0.1) is 0 Å². The summed E-state index contributed by atoms with van der Waals surface area (Å²) < 4.78 is 10.8. The normalized spacial score (nSPS) is 15.0. The maximum absolute atomic E-state index is 10.8. The molecule has 1 amide bonds. The van der Waals surface area contributed by atoms with Gasteiger partial charge in [0.05, 0.1) is 0 Å². The molecule has 13 heavy (non-hydrogen) atoms. The van der Waals surface area contributed by atoms with E-state index in [4.69, 9.17) is 0 Å². The predicted molar refractivity (Wildman–Crippen MR) is 55.1 cm³/mol. The Morgan fingerprint density at radius 1 is 1.46 bits per heavy atom. The largest absolute Gasteiger partial charge is 0.355 e. The SMILES string of the molecule is CC(=O)NCCNC(C)CS(C)=O. The third-order valence-corrected chi connectivity index (χ3v) is 2.45. The lowest BCUT2D eigenvalue weighted by atomic mass is 10.4. The van der Waals surface area contributed by atoms with Gasteiger partial charge in [0.1, 0.15) is 0 Å². The molecule has 0 aromatic carbocycles. The third-order valence-electron chi connectivity index (χ3n) is 1.48. The van der Waals surface area contributed by atoms with Crippen LogP contribution in [0.4, 0.5) is 0 Å². The zero-order valence-corrected chi connectivity index (χ0v) is 9.24. The fraction of sp³-hybridized carbons (Fsp3) is 0.875. The molecule has 0 fully saturated rings. The molecule has 0 radical (unpaired) electrons. The Morgan fingerprint density at radius 3 is 2.54 bits per heavy atom. The van der Waals surface area contributed by atoms with Crippen LogP contribution >= 0.6 is 0 Å². The molecule has 2 N–H and O–H groups in total.